The number of carbonyl (C=O) groups is 1. The van der Waals surface area contributed by atoms with Crippen molar-refractivity contribution in [3.63, 3.8) is 0 Å². The van der Waals surface area contributed by atoms with Gasteiger partial charge in [0.2, 0.25) is 0 Å². The average Bonchev–Trinajstić information content (AvgIpc) is 2.96. The zero-order valence-electron chi connectivity index (χ0n) is 20.1. The van der Waals surface area contributed by atoms with Crippen molar-refractivity contribution in [2.75, 3.05) is 19.6 Å². The second-order valence-corrected chi connectivity index (χ2v) is 9.10. The molecule has 34 heavy (non-hydrogen) atoms. The minimum atomic E-state index is -4.41. The van der Waals surface area contributed by atoms with E-state index in [4.69, 9.17) is 4.74 Å². The molecule has 0 spiro atoms. The number of piperidine rings is 1. The number of likely N-dealkylation sites (tertiary alicyclic amines) is 1. The first-order valence-corrected chi connectivity index (χ1v) is 11.7. The van der Waals surface area contributed by atoms with Crippen LogP contribution in [0.5, 0.6) is 5.75 Å². The fourth-order valence-corrected chi connectivity index (χ4v) is 4.47. The number of hydrogen-bond acceptors (Lipinski definition) is 3. The number of carboxylic acids is 1. The summed E-state index contributed by atoms with van der Waals surface area (Å²) in [6.45, 7) is 9.37. The smallest absolute Gasteiger partial charge is 0.416 e. The molecule has 1 fully saturated rings. The molecule has 2 heterocycles. The number of nitrogens with zero attached hydrogens (tertiary/aromatic N) is 1. The van der Waals surface area contributed by atoms with Gasteiger partial charge in [0.25, 0.3) is 0 Å². The summed E-state index contributed by atoms with van der Waals surface area (Å²) in [5, 5.41) is 9.43. The van der Waals surface area contributed by atoms with Crippen LogP contribution in [0.25, 0.3) is 5.57 Å². The quantitative estimate of drug-likeness (QED) is 0.541. The summed E-state index contributed by atoms with van der Waals surface area (Å²) >= 11 is 0. The van der Waals surface area contributed by atoms with Crippen LogP contribution in [0.2, 0.25) is 0 Å². The minimum absolute atomic E-state index is 0.0754. The zero-order chi connectivity index (χ0) is 25.1. The summed E-state index contributed by atoms with van der Waals surface area (Å²) in [6.07, 6.45) is -2.97. The predicted molar refractivity (Wildman–Crippen MR) is 127 cm³/mol. The van der Waals surface area contributed by atoms with Crippen molar-refractivity contribution in [3.05, 3.63) is 70.3 Å². The minimum Gasteiger partial charge on any atom is -0.488 e. The predicted octanol–water partition coefficient (Wildman–Crippen LogP) is 6.63. The Bertz CT molecular complexity index is 1060. The molecular weight excluding hydrogens is 443 g/mol. The van der Waals surface area contributed by atoms with E-state index in [9.17, 15) is 23.1 Å². The number of para-hydroxylation sites is 1. The Morgan fingerprint density at radius 2 is 1.68 bits per heavy atom. The number of ether oxygens (including phenoxy) is 1. The second-order valence-electron chi connectivity index (χ2n) is 9.10. The Balaban J connectivity index is 0.00000158. The lowest BCUT2D eigenvalue weighted by Crippen LogP contribution is -2.42. The number of halogens is 3. The molecule has 0 aromatic heterocycles. The van der Waals surface area contributed by atoms with Gasteiger partial charge in [0, 0.05) is 25.2 Å². The number of hydrogen-bond donors (Lipinski definition) is 1. The molecule has 2 aromatic carbocycles. The summed E-state index contributed by atoms with van der Waals surface area (Å²) < 4.78 is 45.8. The van der Waals surface area contributed by atoms with E-state index in [1.54, 1.807) is 19.9 Å². The molecule has 0 aliphatic carbocycles. The number of benzene rings is 2. The third-order valence-corrected chi connectivity index (χ3v) is 6.25. The van der Waals surface area contributed by atoms with Crippen LogP contribution in [0.15, 0.2) is 48.0 Å². The molecule has 0 bridgehead atoms. The molecule has 7 heteroatoms. The Morgan fingerprint density at radius 1 is 1.03 bits per heavy atom. The molecule has 0 unspecified atom stereocenters. The Morgan fingerprint density at radius 3 is 2.29 bits per heavy atom. The molecule has 0 saturated carbocycles. The van der Waals surface area contributed by atoms with E-state index in [-0.39, 0.29) is 6.61 Å². The van der Waals surface area contributed by atoms with Crippen LogP contribution in [-0.4, -0.2) is 35.6 Å². The first-order valence-electron chi connectivity index (χ1n) is 11.7. The maximum Gasteiger partial charge on any atom is 0.416 e. The van der Waals surface area contributed by atoms with Gasteiger partial charge < -0.3 is 14.7 Å². The zero-order valence-corrected chi connectivity index (χ0v) is 20.1. The molecule has 1 N–H and O–H groups in total. The van der Waals surface area contributed by atoms with Crippen molar-refractivity contribution in [3.8, 4) is 5.75 Å². The third-order valence-electron chi connectivity index (χ3n) is 6.25. The van der Waals surface area contributed by atoms with E-state index >= 15 is 0 Å². The van der Waals surface area contributed by atoms with Crippen LogP contribution in [0.4, 0.5) is 13.2 Å². The lowest BCUT2D eigenvalue weighted by molar-refractivity contribution is -0.148. The van der Waals surface area contributed by atoms with Crippen molar-refractivity contribution in [2.45, 2.75) is 53.3 Å². The number of fused-ring (bicyclic) bond motifs is 2. The van der Waals surface area contributed by atoms with Gasteiger partial charge in [0.05, 0.1) is 11.0 Å². The van der Waals surface area contributed by atoms with E-state index in [1.165, 1.54) is 6.07 Å². The topological polar surface area (TPSA) is 49.8 Å². The van der Waals surface area contributed by atoms with Gasteiger partial charge >= 0.3 is 12.1 Å². The van der Waals surface area contributed by atoms with Gasteiger partial charge in [-0.2, -0.15) is 13.2 Å². The van der Waals surface area contributed by atoms with Crippen molar-refractivity contribution >= 4 is 11.5 Å². The fraction of sp³-hybridized carbons (Fsp3) is 0.444. The van der Waals surface area contributed by atoms with Gasteiger partial charge in [0.1, 0.15) is 12.4 Å². The van der Waals surface area contributed by atoms with Gasteiger partial charge in [-0.3, -0.25) is 4.79 Å². The van der Waals surface area contributed by atoms with Crippen LogP contribution in [0.3, 0.4) is 0 Å². The molecule has 1 saturated heterocycles. The lowest BCUT2D eigenvalue weighted by atomic mass is 9.85. The van der Waals surface area contributed by atoms with Crippen LogP contribution in [0, 0.1) is 5.41 Å². The maximum atomic E-state index is 13.3. The van der Waals surface area contributed by atoms with Crippen LogP contribution in [0.1, 0.15) is 62.8 Å². The lowest BCUT2D eigenvalue weighted by Gasteiger charge is -2.34. The number of aliphatic carboxylic acids is 1. The molecule has 2 aliphatic heterocycles. The van der Waals surface area contributed by atoms with Gasteiger partial charge in [0.15, 0.2) is 0 Å². The standard InChI is InChI=1S/C25H26F3NO3.C2H6/c1-24(2,23(30)31)15-29-11-9-16(10-12-29)22-19-8-7-18(25(26,27)28)13-17(19)14-32-21-6-4-3-5-20(21)22;1-2/h3-8,13H,9-12,14-15H2,1-2H3,(H,30,31);1-2H3. The first kappa shape index (κ1) is 25.8. The molecule has 184 valence electrons. The summed E-state index contributed by atoms with van der Waals surface area (Å²) in [5.74, 6) is -0.167. The van der Waals surface area contributed by atoms with E-state index in [0.29, 0.717) is 30.9 Å². The Labute approximate surface area is 199 Å². The van der Waals surface area contributed by atoms with Gasteiger partial charge in [-0.25, -0.2) is 0 Å². The van der Waals surface area contributed by atoms with E-state index < -0.39 is 23.1 Å². The van der Waals surface area contributed by atoms with Crippen molar-refractivity contribution in [1.82, 2.24) is 4.90 Å². The number of rotatable bonds is 3. The normalized spacial score (nSPS) is 16.4. The van der Waals surface area contributed by atoms with Crippen LogP contribution < -0.4 is 4.74 Å². The average molecular weight is 476 g/mol. The van der Waals surface area contributed by atoms with Crippen LogP contribution >= 0.6 is 0 Å². The monoisotopic (exact) mass is 475 g/mol. The highest BCUT2D eigenvalue weighted by Gasteiger charge is 2.34. The van der Waals surface area contributed by atoms with Crippen molar-refractivity contribution in [2.24, 2.45) is 5.41 Å². The summed E-state index contributed by atoms with van der Waals surface area (Å²) in [4.78, 5) is 13.6. The van der Waals surface area contributed by atoms with Crippen LogP contribution in [-0.2, 0) is 17.6 Å². The summed E-state index contributed by atoms with van der Waals surface area (Å²) in [5.41, 5.74) is 2.77. The summed E-state index contributed by atoms with van der Waals surface area (Å²) in [7, 11) is 0. The van der Waals surface area contributed by atoms with E-state index in [1.807, 2.05) is 38.1 Å². The molecule has 0 atom stereocenters. The highest BCUT2D eigenvalue weighted by Crippen LogP contribution is 2.42. The first-order chi connectivity index (χ1) is 16.1. The molecule has 4 nitrogen and oxygen atoms in total. The van der Waals surface area contributed by atoms with Gasteiger partial charge in [-0.1, -0.05) is 43.7 Å². The Hall–Kier alpha value is -2.80. The highest BCUT2D eigenvalue weighted by atomic mass is 19.4. The number of alkyl halides is 3. The third kappa shape index (κ3) is 5.46. The number of carboxylic acid groups (broad SMARTS) is 1. The highest BCUT2D eigenvalue weighted by molar-refractivity contribution is 5.87. The molecule has 2 aromatic rings. The van der Waals surface area contributed by atoms with E-state index in [0.717, 1.165) is 41.2 Å². The maximum absolute atomic E-state index is 13.3. The van der Waals surface area contributed by atoms with Gasteiger partial charge in [-0.05, 0) is 61.6 Å². The molecular formula is C27H32F3NO3. The fourth-order valence-electron chi connectivity index (χ4n) is 4.47. The largest absolute Gasteiger partial charge is 0.488 e. The summed E-state index contributed by atoms with van der Waals surface area (Å²) in [6, 6.07) is 11.4. The molecule has 2 aliphatic rings. The molecule has 0 amide bonds. The molecule has 0 radical (unpaired) electrons. The van der Waals surface area contributed by atoms with E-state index in [2.05, 4.69) is 4.90 Å². The Kier molecular flexibility index (Phi) is 7.76. The molecule has 4 rings (SSSR count). The SMILES string of the molecule is CC.CC(C)(CN1CCC(=C2c3ccc(C(F)(F)F)cc3COc3ccccc32)CC1)C(=O)O. The van der Waals surface area contributed by atoms with Crippen molar-refractivity contribution < 1.29 is 27.8 Å². The van der Waals surface area contributed by atoms with Gasteiger partial charge in [-0.15, -0.1) is 0 Å². The second kappa shape index (κ2) is 10.2. The van der Waals surface area contributed by atoms with Crippen molar-refractivity contribution in [1.29, 1.82) is 0 Å².